The van der Waals surface area contributed by atoms with E-state index in [0.29, 0.717) is 17.0 Å². The number of hydrogen-bond donors (Lipinski definition) is 1. The first-order chi connectivity index (χ1) is 8.68. The smallest absolute Gasteiger partial charge is 0.311 e. The summed E-state index contributed by atoms with van der Waals surface area (Å²) in [5, 5.41) is 9.82. The monoisotopic (exact) mass is 261 g/mol. The number of carboxylic acids is 1. The largest absolute Gasteiger partial charge is 0.481 e. The lowest BCUT2D eigenvalue weighted by atomic mass is 9.92. The van der Waals surface area contributed by atoms with E-state index in [4.69, 9.17) is 11.6 Å². The van der Waals surface area contributed by atoms with E-state index in [1.165, 1.54) is 0 Å². The van der Waals surface area contributed by atoms with Crippen molar-refractivity contribution in [2.75, 3.05) is 0 Å². The second-order valence-electron chi connectivity index (χ2n) is 3.97. The lowest BCUT2D eigenvalue weighted by Crippen LogP contribution is -2.14. The van der Waals surface area contributed by atoms with E-state index < -0.39 is 11.9 Å². The third kappa shape index (κ3) is 2.87. The molecule has 0 saturated heterocycles. The number of hydrogen-bond acceptors (Lipinski definition) is 2. The van der Waals surface area contributed by atoms with E-state index in [2.05, 4.69) is 4.98 Å². The molecular weight excluding hydrogens is 250 g/mol. The van der Waals surface area contributed by atoms with Crippen LogP contribution in [-0.2, 0) is 11.2 Å². The predicted octanol–water partition coefficient (Wildman–Crippen LogP) is 3.15. The van der Waals surface area contributed by atoms with Crippen LogP contribution in [0, 0.1) is 0 Å². The Morgan fingerprint density at radius 2 is 1.89 bits per heavy atom. The van der Waals surface area contributed by atoms with E-state index in [0.717, 1.165) is 5.56 Å². The van der Waals surface area contributed by atoms with Gasteiger partial charge in [0.15, 0.2) is 0 Å². The second-order valence-corrected chi connectivity index (χ2v) is 4.38. The zero-order valence-electron chi connectivity index (χ0n) is 9.58. The fraction of sp³-hybridized carbons (Fsp3) is 0.143. The van der Waals surface area contributed by atoms with Crippen LogP contribution in [0.5, 0.6) is 0 Å². The highest BCUT2D eigenvalue weighted by atomic mass is 35.5. The zero-order chi connectivity index (χ0) is 13.0. The molecule has 1 atom stereocenters. The van der Waals surface area contributed by atoms with Crippen molar-refractivity contribution < 1.29 is 9.90 Å². The minimum absolute atomic E-state index is 0.404. The molecular formula is C14H12ClNO2. The number of aromatic nitrogens is 1. The van der Waals surface area contributed by atoms with Crippen LogP contribution in [0.2, 0.25) is 5.02 Å². The molecule has 4 heteroatoms. The topological polar surface area (TPSA) is 50.2 Å². The molecule has 0 aliphatic rings. The van der Waals surface area contributed by atoms with Crippen molar-refractivity contribution in [2.24, 2.45) is 0 Å². The van der Waals surface area contributed by atoms with Gasteiger partial charge in [0.25, 0.3) is 0 Å². The van der Waals surface area contributed by atoms with Crippen molar-refractivity contribution in [3.8, 4) is 0 Å². The molecule has 0 aliphatic heterocycles. The molecule has 1 unspecified atom stereocenters. The zero-order valence-corrected chi connectivity index (χ0v) is 10.3. The number of rotatable bonds is 4. The molecule has 18 heavy (non-hydrogen) atoms. The highest BCUT2D eigenvalue weighted by Gasteiger charge is 2.22. The van der Waals surface area contributed by atoms with Crippen LogP contribution in [0.4, 0.5) is 0 Å². The lowest BCUT2D eigenvalue weighted by Gasteiger charge is -2.14. The van der Waals surface area contributed by atoms with Gasteiger partial charge in [-0.15, -0.1) is 0 Å². The van der Waals surface area contributed by atoms with Crippen LogP contribution in [0.15, 0.2) is 48.8 Å². The van der Waals surface area contributed by atoms with Crippen LogP contribution < -0.4 is 0 Å². The number of halogens is 1. The molecule has 2 aromatic rings. The molecule has 1 heterocycles. The first-order valence-electron chi connectivity index (χ1n) is 5.54. The Balaban J connectivity index is 2.30. The molecule has 0 aliphatic carbocycles. The first kappa shape index (κ1) is 12.6. The summed E-state index contributed by atoms with van der Waals surface area (Å²) in [5.41, 5.74) is 1.57. The molecule has 0 fully saturated rings. The van der Waals surface area contributed by atoms with Crippen LogP contribution in [0.1, 0.15) is 17.0 Å². The maximum atomic E-state index is 11.4. The number of pyridine rings is 1. The molecule has 1 N–H and O–H groups in total. The van der Waals surface area contributed by atoms with Gasteiger partial charge >= 0.3 is 5.97 Å². The van der Waals surface area contributed by atoms with Gasteiger partial charge in [-0.3, -0.25) is 9.78 Å². The van der Waals surface area contributed by atoms with Crippen LogP contribution in [0.25, 0.3) is 0 Å². The first-order valence-corrected chi connectivity index (χ1v) is 5.92. The number of nitrogens with zero attached hydrogens (tertiary/aromatic N) is 1. The number of carbonyl (C=O) groups is 1. The third-order valence-corrected chi connectivity index (χ3v) is 3.11. The summed E-state index contributed by atoms with van der Waals surface area (Å²) >= 11 is 6.05. The van der Waals surface area contributed by atoms with E-state index in [9.17, 15) is 9.90 Å². The molecule has 0 radical (unpaired) electrons. The van der Waals surface area contributed by atoms with Gasteiger partial charge in [-0.25, -0.2) is 0 Å². The van der Waals surface area contributed by atoms with E-state index in [1.54, 1.807) is 36.7 Å². The van der Waals surface area contributed by atoms with E-state index in [-0.39, 0.29) is 0 Å². The fourth-order valence-corrected chi connectivity index (χ4v) is 2.11. The summed E-state index contributed by atoms with van der Waals surface area (Å²) in [4.78, 5) is 15.3. The Morgan fingerprint density at radius 3 is 2.50 bits per heavy atom. The second kappa shape index (κ2) is 5.65. The summed E-state index contributed by atoms with van der Waals surface area (Å²) in [7, 11) is 0. The highest BCUT2D eigenvalue weighted by Crippen LogP contribution is 2.27. The van der Waals surface area contributed by atoms with Crippen LogP contribution in [-0.4, -0.2) is 16.1 Å². The molecule has 92 valence electrons. The normalized spacial score (nSPS) is 12.1. The summed E-state index contributed by atoms with van der Waals surface area (Å²) in [6.45, 7) is 0. The lowest BCUT2D eigenvalue weighted by molar-refractivity contribution is -0.138. The van der Waals surface area contributed by atoms with Gasteiger partial charge in [0.2, 0.25) is 0 Å². The van der Waals surface area contributed by atoms with Crippen molar-refractivity contribution in [3.05, 3.63) is 64.9 Å². The van der Waals surface area contributed by atoms with Crippen molar-refractivity contribution >= 4 is 17.6 Å². The van der Waals surface area contributed by atoms with Gasteiger partial charge < -0.3 is 5.11 Å². The summed E-state index contributed by atoms with van der Waals surface area (Å²) in [5.74, 6) is -1.51. The Hall–Kier alpha value is -1.87. The number of carboxylic acid groups (broad SMARTS) is 1. The predicted molar refractivity (Wildman–Crippen MR) is 69.8 cm³/mol. The molecule has 0 amide bonds. The Morgan fingerprint density at radius 1 is 1.22 bits per heavy atom. The molecule has 3 nitrogen and oxygen atoms in total. The summed E-state index contributed by atoms with van der Waals surface area (Å²) in [6, 6.07) is 10.7. The molecule has 0 bridgehead atoms. The Kier molecular flexibility index (Phi) is 3.95. The molecule has 1 aromatic heterocycles. The van der Waals surface area contributed by atoms with E-state index >= 15 is 0 Å². The summed E-state index contributed by atoms with van der Waals surface area (Å²) < 4.78 is 0. The van der Waals surface area contributed by atoms with Crippen molar-refractivity contribution in [3.63, 3.8) is 0 Å². The van der Waals surface area contributed by atoms with Crippen molar-refractivity contribution in [2.45, 2.75) is 12.3 Å². The summed E-state index contributed by atoms with van der Waals surface area (Å²) in [6.07, 6.45) is 3.71. The van der Waals surface area contributed by atoms with Crippen molar-refractivity contribution in [1.29, 1.82) is 0 Å². The Labute approximate surface area is 110 Å². The van der Waals surface area contributed by atoms with E-state index in [1.807, 2.05) is 12.1 Å². The number of benzene rings is 1. The molecule has 0 spiro atoms. The fourth-order valence-electron chi connectivity index (χ4n) is 1.84. The third-order valence-electron chi connectivity index (χ3n) is 2.77. The molecule has 1 aromatic carbocycles. The van der Waals surface area contributed by atoms with Crippen LogP contribution in [0.3, 0.4) is 0 Å². The highest BCUT2D eigenvalue weighted by molar-refractivity contribution is 6.31. The van der Waals surface area contributed by atoms with Gasteiger partial charge in [0.05, 0.1) is 5.92 Å². The van der Waals surface area contributed by atoms with Gasteiger partial charge in [0, 0.05) is 17.4 Å². The number of aliphatic carboxylic acids is 1. The average Bonchev–Trinajstić information content (AvgIpc) is 2.38. The maximum Gasteiger partial charge on any atom is 0.311 e. The average molecular weight is 262 g/mol. The SMILES string of the molecule is O=C(O)C(Cc1ccncc1)c1ccccc1Cl. The quantitative estimate of drug-likeness (QED) is 0.920. The van der Waals surface area contributed by atoms with Crippen LogP contribution >= 0.6 is 11.6 Å². The Bertz CT molecular complexity index is 543. The van der Waals surface area contributed by atoms with Crippen molar-refractivity contribution in [1.82, 2.24) is 4.98 Å². The standard InChI is InChI=1S/C14H12ClNO2/c15-13-4-2-1-3-11(13)12(14(17)18)9-10-5-7-16-8-6-10/h1-8,12H,9H2,(H,17,18). The van der Waals surface area contributed by atoms with Gasteiger partial charge in [-0.2, -0.15) is 0 Å². The van der Waals surface area contributed by atoms with Gasteiger partial charge in [-0.1, -0.05) is 29.8 Å². The molecule has 0 saturated carbocycles. The molecule has 2 rings (SSSR count). The maximum absolute atomic E-state index is 11.4. The van der Waals surface area contributed by atoms with Gasteiger partial charge in [-0.05, 0) is 35.7 Å². The van der Waals surface area contributed by atoms with Gasteiger partial charge in [0.1, 0.15) is 0 Å². The minimum atomic E-state index is -0.875. The minimum Gasteiger partial charge on any atom is -0.481 e.